The number of nitrogens with zero attached hydrogens (tertiary/aromatic N) is 1. The van der Waals surface area contributed by atoms with Crippen molar-refractivity contribution in [1.82, 2.24) is 4.98 Å². The van der Waals surface area contributed by atoms with Crippen molar-refractivity contribution in [3.8, 4) is 0 Å². The zero-order chi connectivity index (χ0) is 13.9. The summed E-state index contributed by atoms with van der Waals surface area (Å²) in [6.07, 6.45) is 3.64. The fourth-order valence-corrected chi connectivity index (χ4v) is 4.39. The number of thiazole rings is 1. The van der Waals surface area contributed by atoms with Crippen LogP contribution in [-0.4, -0.2) is 16.7 Å². The molecule has 0 spiro atoms. The lowest BCUT2D eigenvalue weighted by molar-refractivity contribution is -0.131. The van der Waals surface area contributed by atoms with Gasteiger partial charge in [-0.2, -0.15) is 0 Å². The number of carbonyl (C=O) groups is 2. The van der Waals surface area contributed by atoms with E-state index in [2.05, 4.69) is 24.1 Å². The summed E-state index contributed by atoms with van der Waals surface area (Å²) in [7, 11) is 0. The minimum Gasteiger partial charge on any atom is -0.301 e. The maximum absolute atomic E-state index is 12.7. The first-order valence-corrected chi connectivity index (χ1v) is 7.46. The van der Waals surface area contributed by atoms with Crippen molar-refractivity contribution >= 4 is 28.2 Å². The summed E-state index contributed by atoms with van der Waals surface area (Å²) < 4.78 is 0. The van der Waals surface area contributed by atoms with E-state index in [-0.39, 0.29) is 22.5 Å². The predicted octanol–water partition coefficient (Wildman–Crippen LogP) is 2.87. The molecule has 0 aromatic carbocycles. The number of fused-ring (bicyclic) bond motifs is 2. The van der Waals surface area contributed by atoms with E-state index >= 15 is 0 Å². The lowest BCUT2D eigenvalue weighted by Gasteiger charge is -2.38. The molecule has 0 radical (unpaired) electrons. The summed E-state index contributed by atoms with van der Waals surface area (Å²) in [4.78, 5) is 29.1. The summed E-state index contributed by atoms with van der Waals surface area (Å²) in [5.74, 6) is 0.195. The van der Waals surface area contributed by atoms with Crippen LogP contribution in [0.25, 0.3) is 0 Å². The zero-order valence-electron chi connectivity index (χ0n) is 11.4. The molecule has 2 aliphatic rings. The monoisotopic (exact) mass is 278 g/mol. The van der Waals surface area contributed by atoms with E-state index in [1.165, 1.54) is 11.3 Å². The van der Waals surface area contributed by atoms with Gasteiger partial charge in [-0.15, -0.1) is 11.3 Å². The maximum atomic E-state index is 12.7. The molecule has 1 aromatic rings. The van der Waals surface area contributed by atoms with Crippen molar-refractivity contribution < 1.29 is 9.59 Å². The smallest absolute Gasteiger partial charge is 0.233 e. The molecule has 5 heteroatoms. The third kappa shape index (κ3) is 1.37. The summed E-state index contributed by atoms with van der Waals surface area (Å²) in [5.41, 5.74) is -1.21. The minimum absolute atomic E-state index is 0.0398. The summed E-state index contributed by atoms with van der Waals surface area (Å²) >= 11 is 1.40. The second-order valence-electron chi connectivity index (χ2n) is 6.43. The fourth-order valence-electron chi connectivity index (χ4n) is 3.86. The van der Waals surface area contributed by atoms with Crippen LogP contribution < -0.4 is 5.32 Å². The topological polar surface area (TPSA) is 59.1 Å². The van der Waals surface area contributed by atoms with Gasteiger partial charge in [0.05, 0.1) is 5.41 Å². The number of ketones is 1. The van der Waals surface area contributed by atoms with Crippen molar-refractivity contribution in [3.63, 3.8) is 0 Å². The van der Waals surface area contributed by atoms with Gasteiger partial charge in [-0.05, 0) is 18.3 Å². The molecule has 102 valence electrons. The first kappa shape index (κ1) is 12.8. The molecule has 4 nitrogen and oxygen atoms in total. The highest BCUT2D eigenvalue weighted by atomic mass is 32.1. The molecule has 1 amide bonds. The van der Waals surface area contributed by atoms with Crippen LogP contribution >= 0.6 is 11.3 Å². The zero-order valence-corrected chi connectivity index (χ0v) is 12.3. The maximum Gasteiger partial charge on any atom is 0.233 e. The van der Waals surface area contributed by atoms with Crippen LogP contribution in [0.3, 0.4) is 0 Å². The number of amides is 1. The van der Waals surface area contributed by atoms with E-state index in [1.54, 1.807) is 6.20 Å². The summed E-state index contributed by atoms with van der Waals surface area (Å²) in [6, 6.07) is 0. The van der Waals surface area contributed by atoms with Gasteiger partial charge in [0.1, 0.15) is 5.78 Å². The second-order valence-corrected chi connectivity index (χ2v) is 7.33. The standard InChI is InChI=1S/C14H18N2O2S/c1-12(2)13(3)4-5-14(12,8-9(13)17)10(18)16-11-15-6-7-19-11/h6-7H,4-5,8H2,1-3H3,(H,15,16,18)/t13-,14+/m0/s1. The number of Topliss-reactive ketones (excluding diaryl/α,β-unsaturated/α-hetero) is 1. The Morgan fingerprint density at radius 2 is 2.11 bits per heavy atom. The van der Waals surface area contributed by atoms with Crippen LogP contribution in [0.15, 0.2) is 11.6 Å². The Kier molecular flexibility index (Phi) is 2.46. The van der Waals surface area contributed by atoms with Gasteiger partial charge in [0, 0.05) is 23.4 Å². The Hall–Kier alpha value is -1.23. The number of hydrogen-bond donors (Lipinski definition) is 1. The quantitative estimate of drug-likeness (QED) is 0.905. The molecule has 0 aliphatic heterocycles. The first-order chi connectivity index (χ1) is 8.83. The highest BCUT2D eigenvalue weighted by molar-refractivity contribution is 7.13. The van der Waals surface area contributed by atoms with Crippen LogP contribution in [0.2, 0.25) is 0 Å². The molecule has 1 N–H and O–H groups in total. The van der Waals surface area contributed by atoms with E-state index in [4.69, 9.17) is 0 Å². The van der Waals surface area contributed by atoms with E-state index < -0.39 is 5.41 Å². The Bertz CT molecular complexity index is 552. The van der Waals surface area contributed by atoms with Gasteiger partial charge in [-0.3, -0.25) is 9.59 Å². The summed E-state index contributed by atoms with van der Waals surface area (Å²) in [6.45, 7) is 6.14. The molecule has 19 heavy (non-hydrogen) atoms. The molecule has 0 saturated heterocycles. The molecule has 2 atom stereocenters. The number of nitrogens with one attached hydrogen (secondary N) is 1. The van der Waals surface area contributed by atoms with E-state index in [0.717, 1.165) is 12.8 Å². The molecule has 2 fully saturated rings. The van der Waals surface area contributed by atoms with Crippen LogP contribution in [0.1, 0.15) is 40.0 Å². The van der Waals surface area contributed by atoms with Gasteiger partial charge in [0.15, 0.2) is 5.13 Å². The van der Waals surface area contributed by atoms with Crippen LogP contribution in [0.4, 0.5) is 5.13 Å². The molecule has 2 bridgehead atoms. The Labute approximate surface area is 116 Å². The van der Waals surface area contributed by atoms with E-state index in [1.807, 2.05) is 12.3 Å². The van der Waals surface area contributed by atoms with Crippen LogP contribution in [0.5, 0.6) is 0 Å². The van der Waals surface area contributed by atoms with Gasteiger partial charge in [0.25, 0.3) is 0 Å². The molecule has 2 aliphatic carbocycles. The summed E-state index contributed by atoms with van der Waals surface area (Å²) in [5, 5.41) is 5.34. The Balaban J connectivity index is 1.96. The van der Waals surface area contributed by atoms with Crippen LogP contribution in [-0.2, 0) is 9.59 Å². The highest BCUT2D eigenvalue weighted by Gasteiger charge is 2.72. The largest absolute Gasteiger partial charge is 0.301 e. The van der Waals surface area contributed by atoms with E-state index in [9.17, 15) is 9.59 Å². The third-order valence-corrected chi connectivity index (χ3v) is 6.48. The molecule has 1 aromatic heterocycles. The van der Waals surface area contributed by atoms with E-state index in [0.29, 0.717) is 11.6 Å². The second kappa shape index (κ2) is 3.66. The van der Waals surface area contributed by atoms with Crippen LogP contribution in [0, 0.1) is 16.2 Å². The Morgan fingerprint density at radius 3 is 2.58 bits per heavy atom. The van der Waals surface area contributed by atoms with Crippen molar-refractivity contribution in [2.75, 3.05) is 5.32 Å². The average molecular weight is 278 g/mol. The van der Waals surface area contributed by atoms with Crippen molar-refractivity contribution in [1.29, 1.82) is 0 Å². The normalized spacial score (nSPS) is 35.6. The lowest BCUT2D eigenvalue weighted by Crippen LogP contribution is -2.43. The minimum atomic E-state index is -0.565. The van der Waals surface area contributed by atoms with Crippen molar-refractivity contribution in [2.24, 2.45) is 16.2 Å². The van der Waals surface area contributed by atoms with Gasteiger partial charge in [0.2, 0.25) is 5.91 Å². The van der Waals surface area contributed by atoms with Gasteiger partial charge in [-0.25, -0.2) is 4.98 Å². The third-order valence-electron chi connectivity index (χ3n) is 5.79. The fraction of sp³-hybridized carbons (Fsp3) is 0.643. The Morgan fingerprint density at radius 1 is 1.37 bits per heavy atom. The number of aromatic nitrogens is 1. The SMILES string of the molecule is CC1(C)[C@]2(C(=O)Nc3nccs3)CC[C@@]1(C)C(=O)C2. The van der Waals surface area contributed by atoms with Crippen molar-refractivity contribution in [2.45, 2.75) is 40.0 Å². The molecular weight excluding hydrogens is 260 g/mol. The van der Waals surface area contributed by atoms with Crippen molar-refractivity contribution in [3.05, 3.63) is 11.6 Å². The number of anilines is 1. The van der Waals surface area contributed by atoms with Gasteiger partial charge >= 0.3 is 0 Å². The first-order valence-electron chi connectivity index (χ1n) is 6.58. The highest BCUT2D eigenvalue weighted by Crippen LogP contribution is 2.70. The molecular formula is C14H18N2O2S. The molecule has 3 rings (SSSR count). The molecule has 0 unspecified atom stereocenters. The number of rotatable bonds is 2. The van der Waals surface area contributed by atoms with Gasteiger partial charge < -0.3 is 5.32 Å². The lowest BCUT2D eigenvalue weighted by atomic mass is 9.64. The number of carbonyl (C=O) groups excluding carboxylic acids is 2. The average Bonchev–Trinajstić information content (AvgIpc) is 2.94. The molecule has 1 heterocycles. The number of hydrogen-bond acceptors (Lipinski definition) is 4. The predicted molar refractivity (Wildman–Crippen MR) is 73.9 cm³/mol. The van der Waals surface area contributed by atoms with Gasteiger partial charge in [-0.1, -0.05) is 20.8 Å². The molecule has 2 saturated carbocycles.